The quantitative estimate of drug-likeness (QED) is 0.205. The van der Waals surface area contributed by atoms with Crippen LogP contribution in [-0.4, -0.2) is 21.6 Å². The van der Waals surface area contributed by atoms with E-state index in [4.69, 9.17) is 19.1 Å². The zero-order valence-corrected chi connectivity index (χ0v) is 20.6. The fraction of sp³-hybridized carbons (Fsp3) is 0.292. The molecule has 0 aliphatic carbocycles. The first-order valence-corrected chi connectivity index (χ1v) is 12.2. The number of rotatable bonds is 8. The van der Waals surface area contributed by atoms with Crippen molar-refractivity contribution in [3.05, 3.63) is 68.7 Å². The number of fused-ring (bicyclic) bond motifs is 1. The summed E-state index contributed by atoms with van der Waals surface area (Å²) >= 11 is 5.00. The highest BCUT2D eigenvalue weighted by atomic mass is 79.9. The third kappa shape index (κ3) is 4.61. The minimum Gasteiger partial charge on any atom is -0.496 e. The molecule has 6 nitrogen and oxygen atoms in total. The van der Waals surface area contributed by atoms with E-state index >= 15 is 0 Å². The molecule has 32 heavy (non-hydrogen) atoms. The number of aryl methyl sites for hydroxylation is 1. The number of oxazole rings is 1. The Labute approximate surface area is 199 Å². The van der Waals surface area contributed by atoms with E-state index in [1.54, 1.807) is 11.7 Å². The predicted molar refractivity (Wildman–Crippen MR) is 131 cm³/mol. The van der Waals surface area contributed by atoms with E-state index in [0.29, 0.717) is 40.0 Å². The summed E-state index contributed by atoms with van der Waals surface area (Å²) in [5, 5.41) is 1.35. The molecule has 0 saturated carbocycles. The molecule has 0 atom stereocenters. The molecule has 0 amide bonds. The first-order valence-electron chi connectivity index (χ1n) is 10.4. The molecule has 0 bridgehead atoms. The summed E-state index contributed by atoms with van der Waals surface area (Å²) in [5.74, 6) is 2.48. The van der Waals surface area contributed by atoms with Gasteiger partial charge in [-0.25, -0.2) is 9.97 Å². The Hall–Kier alpha value is -2.58. The summed E-state index contributed by atoms with van der Waals surface area (Å²) < 4.78 is 14.1. The Morgan fingerprint density at radius 1 is 1.19 bits per heavy atom. The van der Waals surface area contributed by atoms with Gasteiger partial charge in [-0.15, -0.1) is 0 Å². The summed E-state index contributed by atoms with van der Waals surface area (Å²) in [5.41, 5.74) is 2.31. The number of unbranched alkanes of at least 4 members (excludes halogenated alkanes) is 1. The van der Waals surface area contributed by atoms with Crippen molar-refractivity contribution in [1.82, 2.24) is 14.5 Å². The Morgan fingerprint density at radius 2 is 2.00 bits per heavy atom. The van der Waals surface area contributed by atoms with Crippen LogP contribution in [0, 0.1) is 6.92 Å². The lowest BCUT2D eigenvalue weighted by molar-refractivity contribution is 0.414. The summed E-state index contributed by atoms with van der Waals surface area (Å²) in [4.78, 5) is 22.6. The average Bonchev–Trinajstić information content (AvgIpc) is 3.17. The highest BCUT2D eigenvalue weighted by Gasteiger charge is 2.18. The van der Waals surface area contributed by atoms with Crippen LogP contribution in [0.1, 0.15) is 31.2 Å². The molecule has 4 rings (SSSR count). The minimum absolute atomic E-state index is 0.00276. The smallest absolute Gasteiger partial charge is 0.262 e. The zero-order chi connectivity index (χ0) is 22.7. The van der Waals surface area contributed by atoms with Gasteiger partial charge >= 0.3 is 0 Å². The lowest BCUT2D eigenvalue weighted by atomic mass is 10.2. The number of nitrogens with zero attached hydrogens (tertiary/aromatic N) is 3. The van der Waals surface area contributed by atoms with Crippen molar-refractivity contribution in [3.63, 3.8) is 0 Å². The molecule has 0 unspecified atom stereocenters. The van der Waals surface area contributed by atoms with Gasteiger partial charge in [0.1, 0.15) is 11.5 Å². The molecule has 4 aromatic rings. The zero-order valence-electron chi connectivity index (χ0n) is 18.2. The molecular formula is C24H24BrN3O3S. The molecule has 0 fully saturated rings. The van der Waals surface area contributed by atoms with Gasteiger partial charge in [0, 0.05) is 16.8 Å². The summed E-state index contributed by atoms with van der Waals surface area (Å²) in [6.45, 7) is 4.66. The second kappa shape index (κ2) is 9.92. The van der Waals surface area contributed by atoms with Gasteiger partial charge in [-0.1, -0.05) is 53.2 Å². The predicted octanol–water partition coefficient (Wildman–Crippen LogP) is 6.22. The van der Waals surface area contributed by atoms with E-state index in [9.17, 15) is 4.79 Å². The standard InChI is InChI=1S/C24H24BrN3O3S/c1-4-5-12-28-23(29)17-8-6-7-9-19(17)27-24(28)32-14-20-15(2)31-22(26-20)18-13-16(25)10-11-21(18)30-3/h6-11,13H,4-5,12,14H2,1-3H3. The van der Waals surface area contributed by atoms with Crippen molar-refractivity contribution in [1.29, 1.82) is 0 Å². The number of methoxy groups -OCH3 is 1. The molecule has 0 radical (unpaired) electrons. The number of ether oxygens (including phenoxy) is 1. The van der Waals surface area contributed by atoms with Crippen molar-refractivity contribution in [2.75, 3.05) is 7.11 Å². The lowest BCUT2D eigenvalue weighted by Crippen LogP contribution is -2.23. The molecule has 0 aliphatic heterocycles. The molecule has 0 aliphatic rings. The molecule has 0 spiro atoms. The van der Waals surface area contributed by atoms with Crippen LogP contribution in [0.4, 0.5) is 0 Å². The first kappa shape index (κ1) is 22.6. The monoisotopic (exact) mass is 513 g/mol. The molecule has 8 heteroatoms. The van der Waals surface area contributed by atoms with Crippen molar-refractivity contribution >= 4 is 38.6 Å². The fourth-order valence-electron chi connectivity index (χ4n) is 3.43. The van der Waals surface area contributed by atoms with Crippen LogP contribution in [0.5, 0.6) is 5.75 Å². The van der Waals surface area contributed by atoms with E-state index in [1.165, 1.54) is 11.8 Å². The molecule has 2 aromatic carbocycles. The van der Waals surface area contributed by atoms with Gasteiger partial charge in [0.25, 0.3) is 5.56 Å². The minimum atomic E-state index is 0.00276. The molecular weight excluding hydrogens is 490 g/mol. The third-order valence-corrected chi connectivity index (χ3v) is 6.67. The molecule has 2 aromatic heterocycles. The van der Waals surface area contributed by atoms with Gasteiger partial charge < -0.3 is 9.15 Å². The maximum atomic E-state index is 13.1. The van der Waals surface area contributed by atoms with E-state index in [2.05, 4.69) is 22.9 Å². The SMILES string of the molecule is CCCCn1c(SCc2nc(-c3cc(Br)ccc3OC)oc2C)nc2ccccc2c1=O. The molecule has 0 N–H and O–H groups in total. The Bertz CT molecular complexity index is 1320. The van der Waals surface area contributed by atoms with Gasteiger partial charge in [0.05, 0.1) is 29.3 Å². The van der Waals surface area contributed by atoms with Crippen LogP contribution in [0.3, 0.4) is 0 Å². The summed E-state index contributed by atoms with van der Waals surface area (Å²) in [6, 6.07) is 13.2. The topological polar surface area (TPSA) is 70.2 Å². The maximum absolute atomic E-state index is 13.1. The number of hydrogen-bond acceptors (Lipinski definition) is 6. The summed E-state index contributed by atoms with van der Waals surface area (Å²) in [6.07, 6.45) is 1.92. The highest BCUT2D eigenvalue weighted by molar-refractivity contribution is 9.10. The summed E-state index contributed by atoms with van der Waals surface area (Å²) in [7, 11) is 1.63. The van der Waals surface area contributed by atoms with E-state index in [1.807, 2.05) is 49.4 Å². The van der Waals surface area contributed by atoms with Crippen LogP contribution in [0.2, 0.25) is 0 Å². The number of aromatic nitrogens is 3. The third-order valence-electron chi connectivity index (χ3n) is 5.18. The lowest BCUT2D eigenvalue weighted by Gasteiger charge is -2.12. The highest BCUT2D eigenvalue weighted by Crippen LogP contribution is 2.34. The van der Waals surface area contributed by atoms with Crippen LogP contribution in [-0.2, 0) is 12.3 Å². The second-order valence-electron chi connectivity index (χ2n) is 7.38. The molecule has 166 valence electrons. The van der Waals surface area contributed by atoms with Gasteiger partial charge in [-0.05, 0) is 43.7 Å². The normalized spacial score (nSPS) is 11.2. The van der Waals surface area contributed by atoms with Crippen molar-refractivity contribution in [2.45, 2.75) is 44.1 Å². The van der Waals surface area contributed by atoms with Gasteiger partial charge in [-0.3, -0.25) is 9.36 Å². The van der Waals surface area contributed by atoms with E-state index in [-0.39, 0.29) is 5.56 Å². The Kier molecular flexibility index (Phi) is 7.01. The van der Waals surface area contributed by atoms with Gasteiger partial charge in [0.2, 0.25) is 5.89 Å². The number of thioether (sulfide) groups is 1. The molecule has 2 heterocycles. The van der Waals surface area contributed by atoms with Gasteiger partial charge in [-0.2, -0.15) is 0 Å². The largest absolute Gasteiger partial charge is 0.496 e. The van der Waals surface area contributed by atoms with Crippen LogP contribution >= 0.6 is 27.7 Å². The number of para-hydroxylation sites is 1. The Morgan fingerprint density at radius 3 is 2.78 bits per heavy atom. The first-order chi connectivity index (χ1) is 15.5. The number of benzene rings is 2. The van der Waals surface area contributed by atoms with Crippen molar-refractivity contribution in [3.8, 4) is 17.2 Å². The fourth-order valence-corrected chi connectivity index (χ4v) is 4.82. The van der Waals surface area contributed by atoms with Crippen molar-refractivity contribution < 1.29 is 9.15 Å². The molecule has 0 saturated heterocycles. The van der Waals surface area contributed by atoms with E-state index in [0.717, 1.165) is 34.3 Å². The number of halogens is 1. The van der Waals surface area contributed by atoms with Crippen LogP contribution < -0.4 is 10.3 Å². The van der Waals surface area contributed by atoms with Gasteiger partial charge in [0.15, 0.2) is 5.16 Å². The van der Waals surface area contributed by atoms with Crippen molar-refractivity contribution in [2.24, 2.45) is 0 Å². The maximum Gasteiger partial charge on any atom is 0.262 e. The van der Waals surface area contributed by atoms with E-state index < -0.39 is 0 Å². The van der Waals surface area contributed by atoms with Crippen LogP contribution in [0.25, 0.3) is 22.4 Å². The average molecular weight is 514 g/mol. The second-order valence-corrected chi connectivity index (χ2v) is 9.24. The Balaban J connectivity index is 1.66. The van der Waals surface area contributed by atoms with Crippen LogP contribution in [0.15, 0.2) is 61.3 Å². The number of hydrogen-bond donors (Lipinski definition) is 0.